The molecule has 1 aromatic heterocycles. The Morgan fingerprint density at radius 2 is 1.96 bits per heavy atom. The zero-order chi connectivity index (χ0) is 14.9. The molecule has 0 saturated carbocycles. The van der Waals surface area contributed by atoms with E-state index in [-0.39, 0.29) is 12.4 Å². The highest BCUT2D eigenvalue weighted by Crippen LogP contribution is 2.35. The van der Waals surface area contributed by atoms with E-state index in [9.17, 15) is 0 Å². The van der Waals surface area contributed by atoms with Crippen LogP contribution in [-0.4, -0.2) is 4.98 Å². The van der Waals surface area contributed by atoms with E-state index in [1.165, 1.54) is 47.0 Å². The lowest BCUT2D eigenvalue weighted by Gasteiger charge is -2.24. The maximum atomic E-state index is 3.73. The highest BCUT2D eigenvalue weighted by Gasteiger charge is 2.23. The minimum Gasteiger partial charge on any atom is -0.357 e. The molecule has 120 valence electrons. The van der Waals surface area contributed by atoms with Crippen molar-refractivity contribution in [1.82, 2.24) is 10.3 Å². The molecule has 0 spiro atoms. The number of fused-ring (bicyclic) bond motifs is 3. The predicted molar refractivity (Wildman–Crippen MR) is 102 cm³/mol. The molecule has 0 saturated heterocycles. The van der Waals surface area contributed by atoms with Crippen molar-refractivity contribution >= 4 is 39.2 Å². The molecule has 1 unspecified atom stereocenters. The number of halogens is 2. The minimum absolute atomic E-state index is 0. The van der Waals surface area contributed by atoms with E-state index >= 15 is 0 Å². The van der Waals surface area contributed by atoms with Gasteiger partial charge in [0.05, 0.1) is 0 Å². The normalized spacial score (nSPS) is 16.8. The molecule has 3 aromatic rings. The Labute approximate surface area is 151 Å². The van der Waals surface area contributed by atoms with Gasteiger partial charge in [0.1, 0.15) is 0 Å². The predicted octanol–water partition coefficient (Wildman–Crippen LogP) is 5.52. The maximum Gasteiger partial charge on any atom is 0.0478 e. The molecule has 2 nitrogen and oxygen atoms in total. The number of rotatable bonds is 3. The van der Waals surface area contributed by atoms with Crippen molar-refractivity contribution in [1.29, 1.82) is 0 Å². The molecule has 0 amide bonds. The van der Waals surface area contributed by atoms with Crippen molar-refractivity contribution in [2.24, 2.45) is 0 Å². The van der Waals surface area contributed by atoms with E-state index in [1.54, 1.807) is 0 Å². The van der Waals surface area contributed by atoms with Gasteiger partial charge in [-0.1, -0.05) is 46.3 Å². The van der Waals surface area contributed by atoms with Gasteiger partial charge in [-0.25, -0.2) is 0 Å². The number of H-pyrrole nitrogens is 1. The van der Waals surface area contributed by atoms with Crippen molar-refractivity contribution in [3.8, 4) is 0 Å². The fourth-order valence-corrected chi connectivity index (χ4v) is 3.84. The highest BCUT2D eigenvalue weighted by molar-refractivity contribution is 9.10. The van der Waals surface area contributed by atoms with Crippen molar-refractivity contribution in [3.63, 3.8) is 0 Å². The fraction of sp³-hybridized carbons (Fsp3) is 0.263. The van der Waals surface area contributed by atoms with Crippen LogP contribution in [0.1, 0.15) is 35.7 Å². The summed E-state index contributed by atoms with van der Waals surface area (Å²) in [5.74, 6) is 0. The average Bonchev–Trinajstić information content (AvgIpc) is 2.92. The first kappa shape index (κ1) is 16.6. The van der Waals surface area contributed by atoms with Crippen LogP contribution in [0.3, 0.4) is 0 Å². The van der Waals surface area contributed by atoms with Crippen LogP contribution in [0.4, 0.5) is 0 Å². The van der Waals surface area contributed by atoms with Crippen molar-refractivity contribution in [2.45, 2.75) is 31.8 Å². The maximum absolute atomic E-state index is 3.73. The molecular formula is C19H20BrClN2. The summed E-state index contributed by atoms with van der Waals surface area (Å²) in [5.41, 5.74) is 5.47. The average molecular weight is 392 g/mol. The van der Waals surface area contributed by atoms with Gasteiger partial charge >= 0.3 is 0 Å². The first-order valence-corrected chi connectivity index (χ1v) is 8.68. The summed E-state index contributed by atoms with van der Waals surface area (Å²) >= 11 is 3.59. The lowest BCUT2D eigenvalue weighted by atomic mass is 9.91. The van der Waals surface area contributed by atoms with E-state index in [4.69, 9.17) is 0 Å². The molecule has 1 heterocycles. The molecule has 4 rings (SSSR count). The van der Waals surface area contributed by atoms with Gasteiger partial charge in [0.15, 0.2) is 0 Å². The van der Waals surface area contributed by atoms with Crippen molar-refractivity contribution in [3.05, 3.63) is 69.8 Å². The Morgan fingerprint density at radius 1 is 1.13 bits per heavy atom. The third-order valence-electron chi connectivity index (χ3n) is 4.56. The molecule has 0 bridgehead atoms. The summed E-state index contributed by atoms with van der Waals surface area (Å²) in [7, 11) is 0. The molecule has 23 heavy (non-hydrogen) atoms. The summed E-state index contributed by atoms with van der Waals surface area (Å²) in [6.45, 7) is 0.921. The number of hydrogen-bond acceptors (Lipinski definition) is 1. The van der Waals surface area contributed by atoms with Crippen LogP contribution >= 0.6 is 28.3 Å². The van der Waals surface area contributed by atoms with Crippen molar-refractivity contribution < 1.29 is 0 Å². The second-order valence-electron chi connectivity index (χ2n) is 6.02. The largest absolute Gasteiger partial charge is 0.357 e. The third-order valence-corrected chi connectivity index (χ3v) is 5.06. The van der Waals surface area contributed by atoms with Gasteiger partial charge in [0.2, 0.25) is 0 Å². The molecule has 0 fully saturated rings. The van der Waals surface area contributed by atoms with Crippen LogP contribution in [0.25, 0.3) is 10.9 Å². The molecule has 2 aromatic carbocycles. The van der Waals surface area contributed by atoms with E-state index in [2.05, 4.69) is 74.8 Å². The monoisotopic (exact) mass is 390 g/mol. The van der Waals surface area contributed by atoms with Gasteiger partial charge in [0, 0.05) is 33.7 Å². The van der Waals surface area contributed by atoms with E-state index in [1.807, 2.05) is 0 Å². The number of aromatic amines is 1. The number of aryl methyl sites for hydroxylation is 1. The molecular weight excluding hydrogens is 372 g/mol. The minimum atomic E-state index is 0. The van der Waals surface area contributed by atoms with Gasteiger partial charge in [-0.3, -0.25) is 0 Å². The SMILES string of the molecule is Brc1ccc2[nH]c3c(c2c1)CCCC3NCc1ccccc1.Cl. The topological polar surface area (TPSA) is 27.8 Å². The van der Waals surface area contributed by atoms with Crippen LogP contribution in [0.5, 0.6) is 0 Å². The Bertz CT molecular complexity index is 798. The Morgan fingerprint density at radius 3 is 2.78 bits per heavy atom. The second-order valence-corrected chi connectivity index (χ2v) is 6.93. The number of benzene rings is 2. The number of aromatic nitrogens is 1. The molecule has 0 aliphatic heterocycles. The van der Waals surface area contributed by atoms with Crippen LogP contribution < -0.4 is 5.32 Å². The number of nitrogens with one attached hydrogen (secondary N) is 2. The van der Waals surface area contributed by atoms with Crippen LogP contribution in [0.15, 0.2) is 53.0 Å². The number of hydrogen-bond donors (Lipinski definition) is 2. The van der Waals surface area contributed by atoms with E-state index in [0.717, 1.165) is 11.0 Å². The molecule has 0 radical (unpaired) electrons. The zero-order valence-corrected chi connectivity index (χ0v) is 15.2. The summed E-state index contributed by atoms with van der Waals surface area (Å²) in [5, 5.41) is 5.10. The van der Waals surface area contributed by atoms with E-state index < -0.39 is 0 Å². The quantitative estimate of drug-likeness (QED) is 0.604. The van der Waals surface area contributed by atoms with Gasteiger partial charge in [-0.05, 0) is 48.6 Å². The van der Waals surface area contributed by atoms with Crippen LogP contribution in [0.2, 0.25) is 0 Å². The van der Waals surface area contributed by atoms with Crippen molar-refractivity contribution in [2.75, 3.05) is 0 Å². The highest BCUT2D eigenvalue weighted by atomic mass is 79.9. The molecule has 1 atom stereocenters. The van der Waals surface area contributed by atoms with Crippen LogP contribution in [0, 0.1) is 0 Å². The fourth-order valence-electron chi connectivity index (χ4n) is 3.48. The van der Waals surface area contributed by atoms with Gasteiger partial charge in [-0.15, -0.1) is 12.4 Å². The Hall–Kier alpha value is -1.29. The summed E-state index contributed by atoms with van der Waals surface area (Å²) in [4.78, 5) is 3.65. The first-order valence-electron chi connectivity index (χ1n) is 7.88. The van der Waals surface area contributed by atoms with E-state index in [0.29, 0.717) is 6.04 Å². The third kappa shape index (κ3) is 3.32. The standard InChI is InChI=1S/C19H19BrN2.ClH/c20-14-9-10-17-16(11-14)15-7-4-8-18(19(15)22-17)21-12-13-5-2-1-3-6-13;/h1-3,5-6,9-11,18,21-22H,4,7-8,12H2;1H. The summed E-state index contributed by atoms with van der Waals surface area (Å²) in [6.07, 6.45) is 3.63. The summed E-state index contributed by atoms with van der Waals surface area (Å²) < 4.78 is 1.15. The smallest absolute Gasteiger partial charge is 0.0478 e. The van der Waals surface area contributed by atoms with Gasteiger partial charge in [0.25, 0.3) is 0 Å². The molecule has 4 heteroatoms. The van der Waals surface area contributed by atoms with Gasteiger partial charge < -0.3 is 10.3 Å². The Kier molecular flexibility index (Phi) is 5.10. The zero-order valence-electron chi connectivity index (χ0n) is 12.8. The lowest BCUT2D eigenvalue weighted by molar-refractivity contribution is 0.452. The van der Waals surface area contributed by atoms with Gasteiger partial charge in [-0.2, -0.15) is 0 Å². The molecule has 1 aliphatic rings. The first-order chi connectivity index (χ1) is 10.8. The Balaban J connectivity index is 0.00000156. The second kappa shape index (κ2) is 7.08. The summed E-state index contributed by atoms with van der Waals surface area (Å²) in [6, 6.07) is 17.6. The van der Waals surface area contributed by atoms with Crippen LogP contribution in [-0.2, 0) is 13.0 Å². The molecule has 2 N–H and O–H groups in total. The molecule has 1 aliphatic carbocycles. The lowest BCUT2D eigenvalue weighted by Crippen LogP contribution is -2.24.